The number of carbonyl (C=O) groups excluding carboxylic acids is 1. The molecule has 1 aromatic carbocycles. The standard InChI is InChI=1S/C12H13N3O/c1-9-3-10(2)5-11(4-9)6-15-7-12(8-16)13-14-15/h3-5,7-8H,6H2,1-2H3. The van der Waals surface area contributed by atoms with Crippen LogP contribution in [0.3, 0.4) is 0 Å². The summed E-state index contributed by atoms with van der Waals surface area (Å²) in [6.45, 7) is 4.77. The number of hydrogen-bond acceptors (Lipinski definition) is 3. The molecule has 1 heterocycles. The molecule has 0 spiro atoms. The van der Waals surface area contributed by atoms with E-state index in [9.17, 15) is 4.79 Å². The third-order valence-corrected chi connectivity index (χ3v) is 2.30. The van der Waals surface area contributed by atoms with Gasteiger partial charge in [-0.25, -0.2) is 4.68 Å². The number of aromatic nitrogens is 3. The van der Waals surface area contributed by atoms with Gasteiger partial charge in [-0.15, -0.1) is 5.10 Å². The van der Waals surface area contributed by atoms with Crippen LogP contribution in [0.5, 0.6) is 0 Å². The maximum atomic E-state index is 10.5. The van der Waals surface area contributed by atoms with Gasteiger partial charge in [0.2, 0.25) is 0 Å². The molecule has 4 nitrogen and oxygen atoms in total. The van der Waals surface area contributed by atoms with E-state index >= 15 is 0 Å². The summed E-state index contributed by atoms with van der Waals surface area (Å²) in [6.07, 6.45) is 2.34. The van der Waals surface area contributed by atoms with Gasteiger partial charge < -0.3 is 0 Å². The molecule has 0 amide bonds. The van der Waals surface area contributed by atoms with Gasteiger partial charge in [0.05, 0.1) is 12.7 Å². The summed E-state index contributed by atoms with van der Waals surface area (Å²) in [5, 5.41) is 7.60. The molecule has 82 valence electrons. The zero-order valence-corrected chi connectivity index (χ0v) is 9.34. The van der Waals surface area contributed by atoms with E-state index in [1.807, 2.05) is 0 Å². The van der Waals surface area contributed by atoms with E-state index in [1.165, 1.54) is 16.7 Å². The predicted octanol–water partition coefficient (Wildman–Crippen LogP) is 1.76. The van der Waals surface area contributed by atoms with Gasteiger partial charge in [-0.1, -0.05) is 34.5 Å². The number of carbonyl (C=O) groups is 1. The Hall–Kier alpha value is -1.97. The van der Waals surface area contributed by atoms with Crippen LogP contribution >= 0.6 is 0 Å². The van der Waals surface area contributed by atoms with Crippen LogP contribution in [0.4, 0.5) is 0 Å². The van der Waals surface area contributed by atoms with Gasteiger partial charge in [0.25, 0.3) is 0 Å². The van der Waals surface area contributed by atoms with Gasteiger partial charge in [-0.2, -0.15) is 0 Å². The highest BCUT2D eigenvalue weighted by Crippen LogP contribution is 2.09. The average Bonchev–Trinajstić information content (AvgIpc) is 2.64. The van der Waals surface area contributed by atoms with Crippen molar-refractivity contribution < 1.29 is 4.79 Å². The molecular weight excluding hydrogens is 202 g/mol. The SMILES string of the molecule is Cc1cc(C)cc(Cn2cc(C=O)nn2)c1. The van der Waals surface area contributed by atoms with Crippen LogP contribution in [-0.2, 0) is 6.54 Å². The fraction of sp³-hybridized carbons (Fsp3) is 0.250. The zero-order chi connectivity index (χ0) is 11.5. The number of nitrogens with zero attached hydrogens (tertiary/aromatic N) is 3. The van der Waals surface area contributed by atoms with Crippen molar-refractivity contribution in [1.29, 1.82) is 0 Å². The fourth-order valence-corrected chi connectivity index (χ4v) is 1.79. The van der Waals surface area contributed by atoms with Crippen molar-refractivity contribution in [1.82, 2.24) is 15.0 Å². The molecule has 0 aliphatic rings. The van der Waals surface area contributed by atoms with Crippen LogP contribution in [0.15, 0.2) is 24.4 Å². The Morgan fingerprint density at radius 1 is 1.25 bits per heavy atom. The zero-order valence-electron chi connectivity index (χ0n) is 9.34. The second-order valence-corrected chi connectivity index (χ2v) is 3.95. The highest BCUT2D eigenvalue weighted by molar-refractivity contribution is 5.70. The van der Waals surface area contributed by atoms with E-state index in [-0.39, 0.29) is 0 Å². The minimum absolute atomic E-state index is 0.365. The highest BCUT2D eigenvalue weighted by atomic mass is 16.1. The second-order valence-electron chi connectivity index (χ2n) is 3.95. The van der Waals surface area contributed by atoms with Gasteiger partial charge in [-0.3, -0.25) is 4.79 Å². The van der Waals surface area contributed by atoms with Crippen LogP contribution in [-0.4, -0.2) is 21.3 Å². The number of aldehydes is 1. The van der Waals surface area contributed by atoms with Crippen LogP contribution in [0.1, 0.15) is 27.2 Å². The Balaban J connectivity index is 2.22. The molecule has 0 atom stereocenters. The minimum Gasteiger partial charge on any atom is -0.296 e. The molecule has 0 aliphatic carbocycles. The van der Waals surface area contributed by atoms with Gasteiger partial charge in [0.1, 0.15) is 5.69 Å². The Labute approximate surface area is 93.9 Å². The Morgan fingerprint density at radius 3 is 2.50 bits per heavy atom. The highest BCUT2D eigenvalue weighted by Gasteiger charge is 2.01. The molecule has 0 N–H and O–H groups in total. The van der Waals surface area contributed by atoms with Crippen molar-refractivity contribution in [3.05, 3.63) is 46.8 Å². The minimum atomic E-state index is 0.365. The topological polar surface area (TPSA) is 47.8 Å². The van der Waals surface area contributed by atoms with E-state index in [1.54, 1.807) is 10.9 Å². The van der Waals surface area contributed by atoms with Gasteiger partial charge in [0, 0.05) is 0 Å². The Morgan fingerprint density at radius 2 is 1.94 bits per heavy atom. The smallest absolute Gasteiger partial charge is 0.171 e. The molecule has 1 aromatic heterocycles. The first-order valence-corrected chi connectivity index (χ1v) is 5.10. The van der Waals surface area contributed by atoms with Gasteiger partial charge in [0.15, 0.2) is 6.29 Å². The monoisotopic (exact) mass is 215 g/mol. The van der Waals surface area contributed by atoms with E-state index in [0.717, 1.165) is 0 Å². The predicted molar refractivity (Wildman–Crippen MR) is 60.4 cm³/mol. The summed E-state index contributed by atoms with van der Waals surface area (Å²) in [7, 11) is 0. The van der Waals surface area contributed by atoms with Crippen molar-refractivity contribution in [2.75, 3.05) is 0 Å². The molecule has 16 heavy (non-hydrogen) atoms. The normalized spacial score (nSPS) is 10.4. The van der Waals surface area contributed by atoms with Crippen molar-refractivity contribution >= 4 is 6.29 Å². The molecule has 0 bridgehead atoms. The molecule has 0 unspecified atom stereocenters. The number of hydrogen-bond donors (Lipinski definition) is 0. The van der Waals surface area contributed by atoms with Crippen LogP contribution < -0.4 is 0 Å². The second kappa shape index (κ2) is 4.26. The summed E-state index contributed by atoms with van der Waals surface area (Å²) >= 11 is 0. The van der Waals surface area contributed by atoms with Gasteiger partial charge >= 0.3 is 0 Å². The van der Waals surface area contributed by atoms with E-state index < -0.39 is 0 Å². The number of benzene rings is 1. The first-order valence-electron chi connectivity index (χ1n) is 5.10. The maximum Gasteiger partial charge on any atom is 0.171 e. The van der Waals surface area contributed by atoms with E-state index in [4.69, 9.17) is 0 Å². The molecule has 0 fully saturated rings. The van der Waals surface area contributed by atoms with Crippen LogP contribution in [0.2, 0.25) is 0 Å². The van der Waals surface area contributed by atoms with E-state index in [2.05, 4.69) is 42.4 Å². The average molecular weight is 215 g/mol. The molecule has 0 aliphatic heterocycles. The molecule has 0 radical (unpaired) electrons. The summed E-state index contributed by atoms with van der Waals surface area (Å²) in [4.78, 5) is 10.5. The quantitative estimate of drug-likeness (QED) is 0.733. The van der Waals surface area contributed by atoms with Crippen LogP contribution in [0, 0.1) is 13.8 Å². The lowest BCUT2D eigenvalue weighted by molar-refractivity contribution is 0.111. The third-order valence-electron chi connectivity index (χ3n) is 2.30. The van der Waals surface area contributed by atoms with Crippen molar-refractivity contribution in [2.24, 2.45) is 0 Å². The lowest BCUT2D eigenvalue weighted by atomic mass is 10.1. The number of rotatable bonds is 3. The fourth-order valence-electron chi connectivity index (χ4n) is 1.79. The molecule has 0 saturated carbocycles. The summed E-state index contributed by atoms with van der Waals surface area (Å²) in [5.41, 5.74) is 3.99. The lowest BCUT2D eigenvalue weighted by Gasteiger charge is -2.04. The largest absolute Gasteiger partial charge is 0.296 e. The Bertz CT molecular complexity index is 496. The van der Waals surface area contributed by atoms with Gasteiger partial charge in [-0.05, 0) is 19.4 Å². The third kappa shape index (κ3) is 2.34. The van der Waals surface area contributed by atoms with Crippen molar-refractivity contribution in [3.63, 3.8) is 0 Å². The van der Waals surface area contributed by atoms with Crippen molar-refractivity contribution in [2.45, 2.75) is 20.4 Å². The molecule has 2 rings (SSSR count). The first-order chi connectivity index (χ1) is 7.67. The summed E-state index contributed by atoms with van der Waals surface area (Å²) in [5.74, 6) is 0. The first kappa shape index (κ1) is 10.5. The summed E-state index contributed by atoms with van der Waals surface area (Å²) < 4.78 is 1.66. The summed E-state index contributed by atoms with van der Waals surface area (Å²) in [6, 6.07) is 6.34. The molecule has 2 aromatic rings. The van der Waals surface area contributed by atoms with Crippen LogP contribution in [0.25, 0.3) is 0 Å². The molecule has 4 heteroatoms. The molecule has 0 saturated heterocycles. The van der Waals surface area contributed by atoms with Crippen molar-refractivity contribution in [3.8, 4) is 0 Å². The Kier molecular flexibility index (Phi) is 2.81. The molecular formula is C12H13N3O. The maximum absolute atomic E-state index is 10.5. The lowest BCUT2D eigenvalue weighted by Crippen LogP contribution is -2.01. The number of aryl methyl sites for hydroxylation is 2. The van der Waals surface area contributed by atoms with E-state index in [0.29, 0.717) is 18.5 Å².